The number of nitrogens with zero attached hydrogens (tertiary/aromatic N) is 1. The van der Waals surface area contributed by atoms with Crippen LogP contribution < -0.4 is 0 Å². The van der Waals surface area contributed by atoms with Crippen molar-refractivity contribution in [2.45, 2.75) is 19.8 Å². The molecule has 0 aliphatic rings. The summed E-state index contributed by atoms with van der Waals surface area (Å²) in [6.07, 6.45) is 0.813. The standard InChI is InChI=1S/C12H15NO3S/c1-10(12-6-4-3-5-7-12)9-17(16)11(2)8-13(14)15/h3-8,10H,9H2,1-2H3/b11-8-/t10-,17+/m1/s1. The second kappa shape index (κ2) is 6.30. The molecule has 1 rings (SSSR count). The van der Waals surface area contributed by atoms with Crippen molar-refractivity contribution in [3.8, 4) is 0 Å². The van der Waals surface area contributed by atoms with E-state index in [0.717, 1.165) is 11.8 Å². The van der Waals surface area contributed by atoms with E-state index in [2.05, 4.69) is 0 Å². The molecule has 0 aliphatic heterocycles. The van der Waals surface area contributed by atoms with Crippen LogP contribution in [0.1, 0.15) is 25.3 Å². The summed E-state index contributed by atoms with van der Waals surface area (Å²) >= 11 is 0. The second-order valence-electron chi connectivity index (χ2n) is 3.85. The molecule has 0 radical (unpaired) electrons. The van der Waals surface area contributed by atoms with Crippen LogP contribution in [0, 0.1) is 10.1 Å². The molecule has 0 saturated carbocycles. The number of allylic oxidation sites excluding steroid dienone is 1. The van der Waals surface area contributed by atoms with E-state index < -0.39 is 15.7 Å². The van der Waals surface area contributed by atoms with Gasteiger partial charge >= 0.3 is 0 Å². The van der Waals surface area contributed by atoms with Crippen LogP contribution in [0.5, 0.6) is 0 Å². The molecule has 0 fully saturated rings. The Kier molecular flexibility index (Phi) is 5.03. The van der Waals surface area contributed by atoms with Gasteiger partial charge in [-0.05, 0) is 18.4 Å². The molecule has 1 aromatic carbocycles. The smallest absolute Gasteiger partial charge is 0.246 e. The number of benzene rings is 1. The van der Waals surface area contributed by atoms with Crippen LogP contribution in [0.3, 0.4) is 0 Å². The van der Waals surface area contributed by atoms with Gasteiger partial charge in [0.15, 0.2) is 0 Å². The van der Waals surface area contributed by atoms with Gasteiger partial charge < -0.3 is 0 Å². The van der Waals surface area contributed by atoms with Crippen LogP contribution >= 0.6 is 0 Å². The molecule has 0 heterocycles. The van der Waals surface area contributed by atoms with Crippen LogP contribution in [0.15, 0.2) is 41.4 Å². The van der Waals surface area contributed by atoms with E-state index in [0.29, 0.717) is 10.7 Å². The van der Waals surface area contributed by atoms with Gasteiger partial charge in [0, 0.05) is 5.75 Å². The largest absolute Gasteiger partial charge is 0.259 e. The minimum atomic E-state index is -1.30. The monoisotopic (exact) mass is 253 g/mol. The average molecular weight is 253 g/mol. The summed E-state index contributed by atoms with van der Waals surface area (Å²) in [4.78, 5) is 10.00. The number of rotatable bonds is 5. The summed E-state index contributed by atoms with van der Waals surface area (Å²) in [5.74, 6) is 0.521. The van der Waals surface area contributed by atoms with Gasteiger partial charge in [-0.15, -0.1) is 0 Å². The molecule has 0 spiro atoms. The minimum Gasteiger partial charge on any atom is -0.259 e. The summed E-state index contributed by atoms with van der Waals surface area (Å²) in [5, 5.41) is 10.3. The Labute approximate surface area is 103 Å². The number of hydrogen-bond acceptors (Lipinski definition) is 3. The Morgan fingerprint density at radius 3 is 2.59 bits per heavy atom. The van der Waals surface area contributed by atoms with Crippen molar-refractivity contribution >= 4 is 10.8 Å². The topological polar surface area (TPSA) is 60.2 Å². The maximum Gasteiger partial charge on any atom is 0.246 e. The maximum atomic E-state index is 11.8. The van der Waals surface area contributed by atoms with E-state index in [1.807, 2.05) is 37.3 Å². The van der Waals surface area contributed by atoms with Gasteiger partial charge in [0.1, 0.15) is 0 Å². The molecule has 17 heavy (non-hydrogen) atoms. The molecule has 0 aromatic heterocycles. The lowest BCUT2D eigenvalue weighted by molar-refractivity contribution is -0.402. The minimum absolute atomic E-state index is 0.118. The van der Waals surface area contributed by atoms with E-state index in [9.17, 15) is 14.3 Å². The van der Waals surface area contributed by atoms with Crippen LogP contribution in [0.25, 0.3) is 0 Å². The van der Waals surface area contributed by atoms with E-state index >= 15 is 0 Å². The van der Waals surface area contributed by atoms with Gasteiger partial charge in [-0.3, -0.25) is 14.3 Å². The molecule has 0 bridgehead atoms. The maximum absolute atomic E-state index is 11.8. The van der Waals surface area contributed by atoms with Gasteiger partial charge in [-0.1, -0.05) is 37.3 Å². The lowest BCUT2D eigenvalue weighted by atomic mass is 10.0. The summed E-state index contributed by atoms with van der Waals surface area (Å²) in [6, 6.07) is 9.71. The van der Waals surface area contributed by atoms with E-state index in [1.54, 1.807) is 0 Å². The predicted octanol–water partition coefficient (Wildman–Crippen LogP) is 2.68. The molecular formula is C12H15NO3S. The Morgan fingerprint density at radius 1 is 1.47 bits per heavy atom. The fourth-order valence-corrected chi connectivity index (χ4v) is 2.56. The first-order valence-corrected chi connectivity index (χ1v) is 6.58. The lowest BCUT2D eigenvalue weighted by Crippen LogP contribution is -2.08. The SMILES string of the molecule is C/C(=C/[N+](=O)[O-])[S@@](=O)C[C@@H](C)c1ccccc1. The highest BCUT2D eigenvalue weighted by molar-refractivity contribution is 7.88. The highest BCUT2D eigenvalue weighted by atomic mass is 32.2. The molecular weight excluding hydrogens is 238 g/mol. The van der Waals surface area contributed by atoms with Crippen molar-refractivity contribution < 1.29 is 9.13 Å². The zero-order valence-electron chi connectivity index (χ0n) is 9.83. The van der Waals surface area contributed by atoms with Crippen molar-refractivity contribution in [3.05, 3.63) is 57.1 Å². The number of nitro groups is 1. The van der Waals surface area contributed by atoms with E-state index in [4.69, 9.17) is 0 Å². The number of hydrogen-bond donors (Lipinski definition) is 0. The van der Waals surface area contributed by atoms with E-state index in [1.165, 1.54) is 6.92 Å². The molecule has 2 atom stereocenters. The molecule has 92 valence electrons. The predicted molar refractivity (Wildman–Crippen MR) is 68.6 cm³/mol. The van der Waals surface area contributed by atoms with E-state index in [-0.39, 0.29) is 5.92 Å². The highest BCUT2D eigenvalue weighted by Gasteiger charge is 2.13. The molecule has 0 amide bonds. The first-order valence-electron chi connectivity index (χ1n) is 5.26. The third kappa shape index (κ3) is 4.48. The molecule has 1 aromatic rings. The van der Waals surface area contributed by atoms with Crippen LogP contribution in [0.2, 0.25) is 0 Å². The highest BCUT2D eigenvalue weighted by Crippen LogP contribution is 2.17. The van der Waals surface area contributed by atoms with Crippen molar-refractivity contribution in [3.63, 3.8) is 0 Å². The average Bonchev–Trinajstić information content (AvgIpc) is 2.29. The summed E-state index contributed by atoms with van der Waals surface area (Å²) < 4.78 is 11.8. The van der Waals surface area contributed by atoms with Crippen LogP contribution in [-0.4, -0.2) is 14.9 Å². The van der Waals surface area contributed by atoms with Crippen molar-refractivity contribution in [1.29, 1.82) is 0 Å². The summed E-state index contributed by atoms with van der Waals surface area (Å²) in [7, 11) is -1.30. The molecule has 0 saturated heterocycles. The molecule has 5 heteroatoms. The van der Waals surface area contributed by atoms with Gasteiger partial charge in [-0.25, -0.2) is 0 Å². The fraction of sp³-hybridized carbons (Fsp3) is 0.333. The van der Waals surface area contributed by atoms with Crippen LogP contribution in [-0.2, 0) is 10.8 Å². The van der Waals surface area contributed by atoms with Crippen LogP contribution in [0.4, 0.5) is 0 Å². The zero-order valence-corrected chi connectivity index (χ0v) is 10.6. The third-order valence-corrected chi connectivity index (χ3v) is 4.04. The first-order chi connectivity index (χ1) is 8.00. The Balaban J connectivity index is 2.67. The Morgan fingerprint density at radius 2 is 2.06 bits per heavy atom. The van der Waals surface area contributed by atoms with Gasteiger partial charge in [0.25, 0.3) is 0 Å². The Bertz CT molecular complexity index is 442. The Hall–Kier alpha value is -1.49. The van der Waals surface area contributed by atoms with Gasteiger partial charge in [-0.2, -0.15) is 0 Å². The van der Waals surface area contributed by atoms with Gasteiger partial charge in [0.2, 0.25) is 6.20 Å². The van der Waals surface area contributed by atoms with Crippen molar-refractivity contribution in [1.82, 2.24) is 0 Å². The zero-order chi connectivity index (χ0) is 12.8. The second-order valence-corrected chi connectivity index (χ2v) is 5.52. The quantitative estimate of drug-likeness (QED) is 0.598. The fourth-order valence-electron chi connectivity index (χ4n) is 1.44. The van der Waals surface area contributed by atoms with Crippen molar-refractivity contribution in [2.75, 3.05) is 5.75 Å². The molecule has 0 aliphatic carbocycles. The van der Waals surface area contributed by atoms with Crippen molar-refractivity contribution in [2.24, 2.45) is 0 Å². The molecule has 4 nitrogen and oxygen atoms in total. The summed E-state index contributed by atoms with van der Waals surface area (Å²) in [5.41, 5.74) is 1.09. The third-order valence-electron chi connectivity index (χ3n) is 2.42. The first kappa shape index (κ1) is 13.6. The lowest BCUT2D eigenvalue weighted by Gasteiger charge is -2.10. The molecule has 0 N–H and O–H groups in total. The summed E-state index contributed by atoms with van der Waals surface area (Å²) in [6.45, 7) is 3.49. The van der Waals surface area contributed by atoms with Gasteiger partial charge in [0.05, 0.1) is 20.6 Å². The normalized spacial score (nSPS) is 15.3. The molecule has 0 unspecified atom stereocenters.